The molecule has 1 fully saturated rings. The van der Waals surface area contributed by atoms with E-state index in [0.29, 0.717) is 17.1 Å². The molecule has 0 bridgehead atoms. The van der Waals surface area contributed by atoms with E-state index in [9.17, 15) is 0 Å². The summed E-state index contributed by atoms with van der Waals surface area (Å²) in [5, 5.41) is 4.22. The summed E-state index contributed by atoms with van der Waals surface area (Å²) in [6.07, 6.45) is 8.86. The molecule has 1 heterocycles. The second kappa shape index (κ2) is 5.58. The Labute approximate surface area is 107 Å². The second-order valence-corrected chi connectivity index (χ2v) is 5.62. The summed E-state index contributed by atoms with van der Waals surface area (Å²) in [7, 11) is 0. The number of nitrogen functional groups attached to an aromatic ring is 1. The number of nitrogens with zero attached hydrogens (tertiary/aromatic N) is 2. The van der Waals surface area contributed by atoms with Gasteiger partial charge in [-0.05, 0) is 26.0 Å². The average Bonchev–Trinajstić information content (AvgIpc) is 2.35. The van der Waals surface area contributed by atoms with Crippen molar-refractivity contribution in [3.63, 3.8) is 0 Å². The van der Waals surface area contributed by atoms with Gasteiger partial charge in [0, 0.05) is 16.9 Å². The average molecular weight is 252 g/mol. The summed E-state index contributed by atoms with van der Waals surface area (Å²) >= 11 is 1.95. The van der Waals surface area contributed by atoms with Gasteiger partial charge in [0.1, 0.15) is 18.0 Å². The first-order valence-electron chi connectivity index (χ1n) is 6.08. The van der Waals surface area contributed by atoms with Gasteiger partial charge in [-0.3, -0.25) is 0 Å². The fourth-order valence-electron chi connectivity index (χ4n) is 2.33. The molecule has 1 saturated carbocycles. The van der Waals surface area contributed by atoms with Gasteiger partial charge < -0.3 is 11.1 Å². The minimum absolute atomic E-state index is 0.506. The van der Waals surface area contributed by atoms with Gasteiger partial charge in [0.25, 0.3) is 0 Å². The summed E-state index contributed by atoms with van der Waals surface area (Å²) in [5.41, 5.74) is 6.75. The van der Waals surface area contributed by atoms with Crippen molar-refractivity contribution in [2.45, 2.75) is 43.9 Å². The summed E-state index contributed by atoms with van der Waals surface area (Å²) in [6.45, 7) is 1.97. The van der Waals surface area contributed by atoms with E-state index >= 15 is 0 Å². The third-order valence-corrected chi connectivity index (χ3v) is 4.62. The van der Waals surface area contributed by atoms with Gasteiger partial charge in [0.15, 0.2) is 0 Å². The third kappa shape index (κ3) is 2.83. The molecule has 2 atom stereocenters. The van der Waals surface area contributed by atoms with Gasteiger partial charge in [-0.15, -0.1) is 0 Å². The summed E-state index contributed by atoms with van der Waals surface area (Å²) in [6, 6.07) is 0.506. The Hall–Kier alpha value is -0.970. The molecule has 3 N–H and O–H groups in total. The zero-order valence-corrected chi connectivity index (χ0v) is 11.3. The zero-order valence-electron chi connectivity index (χ0n) is 10.4. The highest BCUT2D eigenvalue weighted by Crippen LogP contribution is 2.30. The number of nitrogens with two attached hydrogens (primary N) is 1. The minimum Gasteiger partial charge on any atom is -0.383 e. The van der Waals surface area contributed by atoms with Crippen LogP contribution in [0.4, 0.5) is 11.6 Å². The number of thioether (sulfide) groups is 1. The molecule has 1 aliphatic carbocycles. The van der Waals surface area contributed by atoms with Gasteiger partial charge in [0.05, 0.1) is 0 Å². The number of aromatic nitrogens is 2. The van der Waals surface area contributed by atoms with E-state index in [1.165, 1.54) is 32.0 Å². The SMILES string of the molecule is CSC1CCCCC1Nc1ncnc(N)c1C. The molecule has 2 unspecified atom stereocenters. The molecule has 0 aliphatic heterocycles. The maximum absolute atomic E-state index is 5.80. The van der Waals surface area contributed by atoms with Crippen molar-refractivity contribution in [1.29, 1.82) is 0 Å². The normalized spacial score (nSPS) is 24.6. The fraction of sp³-hybridized carbons (Fsp3) is 0.667. The van der Waals surface area contributed by atoms with Crippen LogP contribution in [0.15, 0.2) is 6.33 Å². The van der Waals surface area contributed by atoms with Crippen molar-refractivity contribution in [3.8, 4) is 0 Å². The Balaban J connectivity index is 2.11. The first-order chi connectivity index (χ1) is 8.22. The molecule has 94 valence electrons. The van der Waals surface area contributed by atoms with Crippen LogP contribution in [-0.4, -0.2) is 27.5 Å². The van der Waals surface area contributed by atoms with Gasteiger partial charge >= 0.3 is 0 Å². The van der Waals surface area contributed by atoms with Crippen LogP contribution in [0.3, 0.4) is 0 Å². The van der Waals surface area contributed by atoms with Crippen molar-refractivity contribution in [3.05, 3.63) is 11.9 Å². The van der Waals surface area contributed by atoms with E-state index < -0.39 is 0 Å². The molecular weight excluding hydrogens is 232 g/mol. The van der Waals surface area contributed by atoms with Crippen LogP contribution in [-0.2, 0) is 0 Å². The topological polar surface area (TPSA) is 63.8 Å². The highest BCUT2D eigenvalue weighted by atomic mass is 32.2. The van der Waals surface area contributed by atoms with E-state index in [2.05, 4.69) is 21.5 Å². The number of nitrogens with one attached hydrogen (secondary N) is 1. The molecular formula is C12H20N4S. The van der Waals surface area contributed by atoms with Crippen LogP contribution >= 0.6 is 11.8 Å². The lowest BCUT2D eigenvalue weighted by Gasteiger charge is -2.31. The van der Waals surface area contributed by atoms with E-state index in [1.807, 2.05) is 18.7 Å². The molecule has 0 amide bonds. The molecule has 0 spiro atoms. The quantitative estimate of drug-likeness (QED) is 0.865. The van der Waals surface area contributed by atoms with Crippen LogP contribution in [0.5, 0.6) is 0 Å². The molecule has 2 rings (SSSR count). The summed E-state index contributed by atoms with van der Waals surface area (Å²) in [4.78, 5) is 8.28. The molecule has 4 nitrogen and oxygen atoms in total. The van der Waals surface area contributed by atoms with Gasteiger partial charge in [-0.25, -0.2) is 9.97 Å². The van der Waals surface area contributed by atoms with Crippen LogP contribution in [0, 0.1) is 6.92 Å². The Morgan fingerprint density at radius 1 is 1.35 bits per heavy atom. The predicted octanol–water partition coefficient (Wildman–Crippen LogP) is 2.45. The maximum atomic E-state index is 5.80. The predicted molar refractivity (Wildman–Crippen MR) is 74.4 cm³/mol. The van der Waals surface area contributed by atoms with Gasteiger partial charge in [-0.2, -0.15) is 11.8 Å². The molecule has 0 saturated heterocycles. The van der Waals surface area contributed by atoms with Gasteiger partial charge in [0.2, 0.25) is 0 Å². The van der Waals surface area contributed by atoms with Crippen molar-refractivity contribution >= 4 is 23.4 Å². The van der Waals surface area contributed by atoms with Crippen molar-refractivity contribution in [1.82, 2.24) is 9.97 Å². The Morgan fingerprint density at radius 3 is 2.88 bits per heavy atom. The van der Waals surface area contributed by atoms with Crippen LogP contribution in [0.2, 0.25) is 0 Å². The first-order valence-corrected chi connectivity index (χ1v) is 7.37. The zero-order chi connectivity index (χ0) is 12.3. The first kappa shape index (κ1) is 12.5. The monoisotopic (exact) mass is 252 g/mol. The van der Waals surface area contributed by atoms with E-state index in [0.717, 1.165) is 11.4 Å². The minimum atomic E-state index is 0.506. The molecule has 5 heteroatoms. The van der Waals surface area contributed by atoms with Crippen molar-refractivity contribution in [2.24, 2.45) is 0 Å². The third-order valence-electron chi connectivity index (χ3n) is 3.45. The number of anilines is 2. The van der Waals surface area contributed by atoms with Crippen LogP contribution < -0.4 is 11.1 Å². The maximum Gasteiger partial charge on any atom is 0.134 e. The number of hydrogen-bond acceptors (Lipinski definition) is 5. The standard InChI is InChI=1S/C12H20N4S/c1-8-11(13)14-7-15-12(8)16-9-5-3-4-6-10(9)17-2/h7,9-10H,3-6H2,1-2H3,(H3,13,14,15,16). The van der Waals surface area contributed by atoms with Gasteiger partial charge in [-0.1, -0.05) is 12.8 Å². The lowest BCUT2D eigenvalue weighted by molar-refractivity contribution is 0.474. The summed E-state index contributed by atoms with van der Waals surface area (Å²) < 4.78 is 0. The second-order valence-electron chi connectivity index (χ2n) is 4.54. The van der Waals surface area contributed by atoms with E-state index in [4.69, 9.17) is 5.73 Å². The van der Waals surface area contributed by atoms with Crippen LogP contribution in [0.1, 0.15) is 31.2 Å². The Bertz CT molecular complexity index is 383. The van der Waals surface area contributed by atoms with Crippen LogP contribution in [0.25, 0.3) is 0 Å². The molecule has 0 aromatic carbocycles. The molecule has 0 radical (unpaired) electrons. The van der Waals surface area contributed by atoms with E-state index in [-0.39, 0.29) is 0 Å². The van der Waals surface area contributed by atoms with Crippen molar-refractivity contribution in [2.75, 3.05) is 17.3 Å². The molecule has 1 aliphatic rings. The Kier molecular flexibility index (Phi) is 4.10. The highest BCUT2D eigenvalue weighted by molar-refractivity contribution is 7.99. The van der Waals surface area contributed by atoms with E-state index in [1.54, 1.807) is 0 Å². The largest absolute Gasteiger partial charge is 0.383 e. The fourth-order valence-corrected chi connectivity index (χ4v) is 3.26. The lowest BCUT2D eigenvalue weighted by Crippen LogP contribution is -2.34. The smallest absolute Gasteiger partial charge is 0.134 e. The lowest BCUT2D eigenvalue weighted by atomic mass is 9.95. The number of hydrogen-bond donors (Lipinski definition) is 2. The molecule has 1 aromatic rings. The highest BCUT2D eigenvalue weighted by Gasteiger charge is 2.25. The van der Waals surface area contributed by atoms with Crippen molar-refractivity contribution < 1.29 is 0 Å². The molecule has 1 aromatic heterocycles. The Morgan fingerprint density at radius 2 is 2.12 bits per heavy atom. The number of rotatable bonds is 3. The molecule has 17 heavy (non-hydrogen) atoms. The summed E-state index contributed by atoms with van der Waals surface area (Å²) in [5.74, 6) is 1.46.